The number of fused-ring (bicyclic) bond motifs is 3. The summed E-state index contributed by atoms with van der Waals surface area (Å²) in [5.74, 6) is 1.35. The van der Waals surface area contributed by atoms with E-state index in [4.69, 9.17) is 9.52 Å². The molecule has 0 saturated heterocycles. The second kappa shape index (κ2) is 7.98. The third-order valence-electron chi connectivity index (χ3n) is 6.21. The van der Waals surface area contributed by atoms with E-state index in [2.05, 4.69) is 27.2 Å². The fourth-order valence-corrected chi connectivity index (χ4v) is 4.53. The van der Waals surface area contributed by atoms with E-state index in [0.29, 0.717) is 24.8 Å². The number of aromatic nitrogens is 2. The van der Waals surface area contributed by atoms with E-state index in [0.717, 1.165) is 46.8 Å². The minimum atomic E-state index is -0.217. The van der Waals surface area contributed by atoms with Gasteiger partial charge in [0.2, 0.25) is 0 Å². The summed E-state index contributed by atoms with van der Waals surface area (Å²) in [7, 11) is 0. The summed E-state index contributed by atoms with van der Waals surface area (Å²) in [6, 6.07) is 11.9. The molecule has 0 radical (unpaired) electrons. The Labute approximate surface area is 181 Å². The molecule has 3 aromatic heterocycles. The Morgan fingerprint density at radius 3 is 2.61 bits per heavy atom. The molecule has 2 aliphatic rings. The maximum absolute atomic E-state index is 12.8. The summed E-state index contributed by atoms with van der Waals surface area (Å²) >= 11 is 0. The second-order valence-electron chi connectivity index (χ2n) is 8.15. The lowest BCUT2D eigenvalue weighted by Crippen LogP contribution is -2.32. The van der Waals surface area contributed by atoms with Crippen LogP contribution in [0.15, 0.2) is 58.3 Å². The molecule has 2 unspecified atom stereocenters. The predicted octanol–water partition coefficient (Wildman–Crippen LogP) is 3.48. The number of aryl methyl sites for hydroxylation is 1. The van der Waals surface area contributed by atoms with Gasteiger partial charge in [-0.25, -0.2) is 0 Å². The van der Waals surface area contributed by atoms with Crippen molar-refractivity contribution in [1.29, 1.82) is 0 Å². The van der Waals surface area contributed by atoms with E-state index < -0.39 is 0 Å². The minimum absolute atomic E-state index is 0.217. The van der Waals surface area contributed by atoms with Crippen LogP contribution >= 0.6 is 0 Å². The molecule has 0 bridgehead atoms. The van der Waals surface area contributed by atoms with Crippen LogP contribution in [0.5, 0.6) is 0 Å². The number of carbonyl (C=O) groups is 1. The van der Waals surface area contributed by atoms with Gasteiger partial charge < -0.3 is 9.73 Å². The molecule has 1 aliphatic carbocycles. The topological polar surface area (TPSA) is 83.6 Å². The Kier molecular flexibility index (Phi) is 5.02. The molecule has 1 aliphatic heterocycles. The van der Waals surface area contributed by atoms with Crippen molar-refractivity contribution in [3.05, 3.63) is 82.8 Å². The van der Waals surface area contributed by atoms with Gasteiger partial charge in [-0.3, -0.25) is 19.8 Å². The van der Waals surface area contributed by atoms with Crippen molar-refractivity contribution in [1.82, 2.24) is 20.3 Å². The zero-order valence-corrected chi connectivity index (χ0v) is 17.7. The van der Waals surface area contributed by atoms with Crippen molar-refractivity contribution in [2.75, 3.05) is 0 Å². The number of carbonyl (C=O) groups excluding carboxylic acids is 1. The smallest absolute Gasteiger partial charge is 0.287 e. The first-order valence-electron chi connectivity index (χ1n) is 10.7. The Bertz CT molecular complexity index is 1120. The zero-order valence-electron chi connectivity index (χ0n) is 17.7. The van der Waals surface area contributed by atoms with Gasteiger partial charge in [-0.1, -0.05) is 12.1 Å². The maximum atomic E-state index is 12.8. The third-order valence-corrected chi connectivity index (χ3v) is 6.21. The van der Waals surface area contributed by atoms with Gasteiger partial charge in [-0.15, -0.1) is 0 Å². The number of hydrogen-bond donors (Lipinski definition) is 1. The van der Waals surface area contributed by atoms with Gasteiger partial charge in [-0.2, -0.15) is 5.10 Å². The van der Waals surface area contributed by atoms with Crippen molar-refractivity contribution < 1.29 is 9.21 Å². The highest BCUT2D eigenvalue weighted by molar-refractivity contribution is 6.08. The van der Waals surface area contributed by atoms with Crippen molar-refractivity contribution in [3.8, 4) is 0 Å². The fraction of sp³-hybridized carbons (Fsp3) is 0.333. The summed E-state index contributed by atoms with van der Waals surface area (Å²) in [4.78, 5) is 21.5. The first kappa shape index (κ1) is 19.5. The highest BCUT2D eigenvalue weighted by Crippen LogP contribution is 2.39. The van der Waals surface area contributed by atoms with Crippen LogP contribution in [-0.4, -0.2) is 32.6 Å². The first-order chi connectivity index (χ1) is 15.1. The molecule has 0 aromatic carbocycles. The number of amides is 1. The van der Waals surface area contributed by atoms with Crippen LogP contribution in [0, 0.1) is 12.8 Å². The van der Waals surface area contributed by atoms with Crippen LogP contribution in [0.3, 0.4) is 0 Å². The van der Waals surface area contributed by atoms with Crippen LogP contribution in [0.1, 0.15) is 52.2 Å². The van der Waals surface area contributed by atoms with Crippen LogP contribution in [0.25, 0.3) is 0 Å². The van der Waals surface area contributed by atoms with Crippen molar-refractivity contribution in [2.45, 2.75) is 45.8 Å². The summed E-state index contributed by atoms with van der Waals surface area (Å²) in [6.07, 6.45) is 5.31. The van der Waals surface area contributed by atoms with Crippen molar-refractivity contribution >= 4 is 11.6 Å². The summed E-state index contributed by atoms with van der Waals surface area (Å²) in [6.45, 7) is 5.20. The van der Waals surface area contributed by atoms with Gasteiger partial charge in [0.05, 0.1) is 36.2 Å². The normalized spacial score (nSPS) is 19.5. The fourth-order valence-electron chi connectivity index (χ4n) is 4.53. The molecule has 0 spiro atoms. The summed E-state index contributed by atoms with van der Waals surface area (Å²) < 4.78 is 6.04. The largest absolute Gasteiger partial charge is 0.455 e. The molecule has 0 saturated carbocycles. The molecular formula is C24H25N5O2. The van der Waals surface area contributed by atoms with Crippen LogP contribution < -0.4 is 5.32 Å². The van der Waals surface area contributed by atoms with E-state index in [9.17, 15) is 4.79 Å². The number of hydrazone groups is 1. The average molecular weight is 415 g/mol. The summed E-state index contributed by atoms with van der Waals surface area (Å²) in [5.41, 5.74) is 4.72. The maximum Gasteiger partial charge on any atom is 0.287 e. The molecule has 7 heteroatoms. The number of rotatable bonds is 5. The summed E-state index contributed by atoms with van der Waals surface area (Å²) in [5, 5.41) is 10.0. The molecule has 3 aromatic rings. The van der Waals surface area contributed by atoms with Gasteiger partial charge in [0.15, 0.2) is 5.76 Å². The number of hydrogen-bond acceptors (Lipinski definition) is 6. The lowest BCUT2D eigenvalue weighted by Gasteiger charge is -2.25. The number of nitrogens with zero attached hydrogens (tertiary/aromatic N) is 4. The van der Waals surface area contributed by atoms with Gasteiger partial charge in [0.1, 0.15) is 5.76 Å². The Hall–Kier alpha value is -3.48. The molecule has 31 heavy (non-hydrogen) atoms. The molecule has 7 nitrogen and oxygen atoms in total. The second-order valence-corrected chi connectivity index (χ2v) is 8.15. The molecule has 4 heterocycles. The first-order valence-corrected chi connectivity index (χ1v) is 10.7. The van der Waals surface area contributed by atoms with Crippen LogP contribution in [0.2, 0.25) is 0 Å². The minimum Gasteiger partial charge on any atom is -0.455 e. The molecule has 158 valence electrons. The van der Waals surface area contributed by atoms with Gasteiger partial charge >= 0.3 is 0 Å². The van der Waals surface area contributed by atoms with Gasteiger partial charge in [0.25, 0.3) is 5.91 Å². The monoisotopic (exact) mass is 415 g/mol. The third kappa shape index (κ3) is 3.60. The van der Waals surface area contributed by atoms with Crippen LogP contribution in [0.4, 0.5) is 0 Å². The van der Waals surface area contributed by atoms with Gasteiger partial charge in [0, 0.05) is 35.9 Å². The molecule has 0 fully saturated rings. The number of furan rings is 1. The molecule has 1 N–H and O–H groups in total. The standard InChI is InChI=1S/C24H25N5O2/c1-15-21-20(31-23(15)24(30)27-13-17-7-3-5-11-25-17)10-9-19-16(2)29(28-22(19)21)14-18-8-4-6-12-26-18/h3-8,11-12,16,19H,9-10,13-14H2,1-2H3,(H,27,30). The number of nitrogens with one attached hydrogen (secondary N) is 1. The highest BCUT2D eigenvalue weighted by atomic mass is 16.4. The molecular weight excluding hydrogens is 390 g/mol. The van der Waals surface area contributed by atoms with E-state index in [1.54, 1.807) is 6.20 Å². The molecule has 1 amide bonds. The lowest BCUT2D eigenvalue weighted by molar-refractivity contribution is 0.0919. The predicted molar refractivity (Wildman–Crippen MR) is 116 cm³/mol. The van der Waals surface area contributed by atoms with E-state index in [-0.39, 0.29) is 11.9 Å². The Balaban J connectivity index is 1.39. The average Bonchev–Trinajstić information content (AvgIpc) is 3.30. The highest BCUT2D eigenvalue weighted by Gasteiger charge is 2.41. The molecule has 2 atom stereocenters. The number of pyridine rings is 2. The lowest BCUT2D eigenvalue weighted by atomic mass is 9.81. The van der Waals surface area contributed by atoms with E-state index in [1.165, 1.54) is 0 Å². The molecule has 5 rings (SSSR count). The van der Waals surface area contributed by atoms with Crippen molar-refractivity contribution in [2.24, 2.45) is 11.0 Å². The van der Waals surface area contributed by atoms with Crippen LogP contribution in [-0.2, 0) is 19.5 Å². The Morgan fingerprint density at radius 1 is 1.16 bits per heavy atom. The SMILES string of the molecule is Cc1c(C(=O)NCc2ccccn2)oc2c1C1=NN(Cc3ccccn3)C(C)C1CC2. The Morgan fingerprint density at radius 2 is 1.90 bits per heavy atom. The quantitative estimate of drug-likeness (QED) is 0.690. The van der Waals surface area contributed by atoms with Crippen molar-refractivity contribution in [3.63, 3.8) is 0 Å². The van der Waals surface area contributed by atoms with E-state index >= 15 is 0 Å². The zero-order chi connectivity index (χ0) is 21.4. The van der Waals surface area contributed by atoms with Gasteiger partial charge in [-0.05, 0) is 44.5 Å². The van der Waals surface area contributed by atoms with E-state index in [1.807, 2.05) is 49.5 Å².